The monoisotopic (exact) mass is 549 g/mol. The van der Waals surface area contributed by atoms with Gasteiger partial charge in [-0.25, -0.2) is 8.42 Å². The highest BCUT2D eigenvalue weighted by Crippen LogP contribution is 2.34. The van der Waals surface area contributed by atoms with Gasteiger partial charge in [0, 0.05) is 43.1 Å². The van der Waals surface area contributed by atoms with Crippen LogP contribution in [0.5, 0.6) is 0 Å². The van der Waals surface area contributed by atoms with Gasteiger partial charge >= 0.3 is 0 Å². The third kappa shape index (κ3) is 6.49. The third-order valence-corrected chi connectivity index (χ3v) is 9.55. The molecule has 2 aliphatic rings. The number of nitrogens with zero attached hydrogens (tertiary/aromatic N) is 2. The number of furan rings is 1. The van der Waals surface area contributed by atoms with E-state index in [0.29, 0.717) is 13.1 Å². The molecule has 0 aliphatic carbocycles. The summed E-state index contributed by atoms with van der Waals surface area (Å²) in [7, 11) is -2.96. The van der Waals surface area contributed by atoms with E-state index in [0.717, 1.165) is 52.7 Å². The van der Waals surface area contributed by atoms with Gasteiger partial charge in [0.1, 0.15) is 17.6 Å². The molecule has 0 spiro atoms. The van der Waals surface area contributed by atoms with Crippen molar-refractivity contribution in [3.05, 3.63) is 82.3 Å². The van der Waals surface area contributed by atoms with Crippen molar-refractivity contribution in [2.45, 2.75) is 52.5 Å². The van der Waals surface area contributed by atoms with Crippen LogP contribution in [-0.4, -0.2) is 52.0 Å². The molecule has 1 unspecified atom stereocenters. The molecule has 1 amide bonds. The molecule has 0 saturated carbocycles. The zero-order chi connectivity index (χ0) is 27.6. The van der Waals surface area contributed by atoms with Gasteiger partial charge in [0.25, 0.3) is 0 Å². The van der Waals surface area contributed by atoms with Gasteiger partial charge in [-0.1, -0.05) is 18.2 Å². The third-order valence-electron chi connectivity index (χ3n) is 7.94. The number of piperidine rings is 1. The van der Waals surface area contributed by atoms with E-state index in [4.69, 9.17) is 4.42 Å². The van der Waals surface area contributed by atoms with Crippen LogP contribution in [-0.2, 0) is 21.1 Å². The molecular formula is C31H39N3O4S. The summed E-state index contributed by atoms with van der Waals surface area (Å²) in [4.78, 5) is 18.1. The second kappa shape index (κ2) is 11.5. The highest BCUT2D eigenvalue weighted by Gasteiger charge is 2.27. The largest absolute Gasteiger partial charge is 0.464 e. The Kier molecular flexibility index (Phi) is 8.03. The lowest BCUT2D eigenvalue weighted by Gasteiger charge is -2.33. The number of anilines is 2. The van der Waals surface area contributed by atoms with Crippen LogP contribution in [0.1, 0.15) is 59.1 Å². The molecule has 208 valence electrons. The van der Waals surface area contributed by atoms with Crippen LogP contribution in [0, 0.1) is 20.8 Å². The molecular weight excluding hydrogens is 510 g/mol. The molecule has 1 atom stereocenters. The summed E-state index contributed by atoms with van der Waals surface area (Å²) in [6.45, 7) is 9.01. The van der Waals surface area contributed by atoms with E-state index in [1.54, 1.807) is 0 Å². The van der Waals surface area contributed by atoms with E-state index in [-0.39, 0.29) is 23.8 Å². The number of benzene rings is 2. The van der Waals surface area contributed by atoms with Crippen molar-refractivity contribution in [3.8, 4) is 0 Å². The Morgan fingerprint density at radius 1 is 0.897 bits per heavy atom. The van der Waals surface area contributed by atoms with Crippen molar-refractivity contribution in [2.75, 3.05) is 47.5 Å². The fourth-order valence-electron chi connectivity index (χ4n) is 5.62. The van der Waals surface area contributed by atoms with E-state index in [2.05, 4.69) is 40.2 Å². The van der Waals surface area contributed by atoms with E-state index in [9.17, 15) is 13.2 Å². The summed E-state index contributed by atoms with van der Waals surface area (Å²) in [5.74, 6) is 1.78. The first-order valence-corrected chi connectivity index (χ1v) is 15.8. The molecule has 2 aromatic carbocycles. The van der Waals surface area contributed by atoms with Crippen LogP contribution in [0.4, 0.5) is 11.4 Å². The quantitative estimate of drug-likeness (QED) is 0.453. The second-order valence-corrected chi connectivity index (χ2v) is 13.3. The minimum absolute atomic E-state index is 0.0827. The van der Waals surface area contributed by atoms with Crippen molar-refractivity contribution in [1.82, 2.24) is 5.32 Å². The maximum atomic E-state index is 13.6. The van der Waals surface area contributed by atoms with Gasteiger partial charge in [-0.05, 0) is 87.1 Å². The molecule has 3 aromatic rings. The molecule has 39 heavy (non-hydrogen) atoms. The lowest BCUT2D eigenvalue weighted by Crippen LogP contribution is -2.40. The van der Waals surface area contributed by atoms with Gasteiger partial charge < -0.3 is 19.5 Å². The molecule has 2 aliphatic heterocycles. The fraction of sp³-hybridized carbons (Fsp3) is 0.452. The van der Waals surface area contributed by atoms with E-state index in [1.165, 1.54) is 24.8 Å². The van der Waals surface area contributed by atoms with Crippen LogP contribution in [0.25, 0.3) is 0 Å². The summed E-state index contributed by atoms with van der Waals surface area (Å²) in [5, 5.41) is 3.30. The Morgan fingerprint density at radius 3 is 2.33 bits per heavy atom. The minimum Gasteiger partial charge on any atom is -0.464 e. The SMILES string of the molecule is Cc1ccc(C(NC(=O)Cc2cc(N3CCS(=O)(=O)CC3)ccc2C)c2ccc(C)o2)c(N2CCCCC2)c1. The number of amides is 1. The number of carbonyl (C=O) groups is 1. The molecule has 7 nitrogen and oxygen atoms in total. The van der Waals surface area contributed by atoms with E-state index in [1.807, 2.05) is 44.2 Å². The first-order valence-electron chi connectivity index (χ1n) is 13.9. The summed E-state index contributed by atoms with van der Waals surface area (Å²) >= 11 is 0. The maximum Gasteiger partial charge on any atom is 0.225 e. The Morgan fingerprint density at radius 2 is 1.64 bits per heavy atom. The van der Waals surface area contributed by atoms with E-state index < -0.39 is 15.9 Å². The maximum absolute atomic E-state index is 13.6. The first kappa shape index (κ1) is 27.3. The van der Waals surface area contributed by atoms with Gasteiger partial charge in [0.15, 0.2) is 9.84 Å². The van der Waals surface area contributed by atoms with Crippen LogP contribution in [0.3, 0.4) is 0 Å². The normalized spacial score (nSPS) is 18.1. The minimum atomic E-state index is -2.96. The Hall–Kier alpha value is -3.26. The Balaban J connectivity index is 1.40. The van der Waals surface area contributed by atoms with Crippen LogP contribution in [0.2, 0.25) is 0 Å². The molecule has 2 fully saturated rings. The van der Waals surface area contributed by atoms with Gasteiger partial charge in [-0.3, -0.25) is 4.79 Å². The van der Waals surface area contributed by atoms with Crippen molar-refractivity contribution < 1.29 is 17.6 Å². The molecule has 1 N–H and O–H groups in total. The predicted octanol–water partition coefficient (Wildman–Crippen LogP) is 4.88. The lowest BCUT2D eigenvalue weighted by atomic mass is 9.97. The van der Waals surface area contributed by atoms with Gasteiger partial charge in [0.05, 0.1) is 17.9 Å². The number of hydrogen-bond acceptors (Lipinski definition) is 6. The summed E-state index contributed by atoms with van der Waals surface area (Å²) < 4.78 is 29.8. The van der Waals surface area contributed by atoms with Gasteiger partial charge in [-0.2, -0.15) is 0 Å². The zero-order valence-corrected chi connectivity index (χ0v) is 24.0. The van der Waals surface area contributed by atoms with Crippen molar-refractivity contribution >= 4 is 27.1 Å². The number of carbonyl (C=O) groups excluding carboxylic acids is 1. The number of hydrogen-bond donors (Lipinski definition) is 1. The number of nitrogens with one attached hydrogen (secondary N) is 1. The van der Waals surface area contributed by atoms with Gasteiger partial charge in [0.2, 0.25) is 5.91 Å². The van der Waals surface area contributed by atoms with Crippen LogP contribution >= 0.6 is 0 Å². The highest BCUT2D eigenvalue weighted by atomic mass is 32.2. The van der Waals surface area contributed by atoms with Crippen molar-refractivity contribution in [2.24, 2.45) is 0 Å². The molecule has 8 heteroatoms. The molecule has 0 bridgehead atoms. The second-order valence-electron chi connectivity index (χ2n) is 11.0. The number of aryl methyl sites for hydroxylation is 3. The van der Waals surface area contributed by atoms with E-state index >= 15 is 0 Å². The predicted molar refractivity (Wildman–Crippen MR) is 156 cm³/mol. The topological polar surface area (TPSA) is 82.9 Å². The van der Waals surface area contributed by atoms with Gasteiger partial charge in [-0.15, -0.1) is 0 Å². The summed E-state index contributed by atoms with van der Waals surface area (Å²) in [6, 6.07) is 16.0. The van der Waals surface area contributed by atoms with Crippen molar-refractivity contribution in [3.63, 3.8) is 0 Å². The van der Waals surface area contributed by atoms with Crippen molar-refractivity contribution in [1.29, 1.82) is 0 Å². The average molecular weight is 550 g/mol. The van der Waals surface area contributed by atoms with Crippen LogP contribution in [0.15, 0.2) is 52.9 Å². The molecule has 3 heterocycles. The molecule has 2 saturated heterocycles. The molecule has 0 radical (unpaired) electrons. The van der Waals surface area contributed by atoms with Crippen LogP contribution < -0.4 is 15.1 Å². The Labute approximate surface area is 232 Å². The first-order chi connectivity index (χ1) is 18.7. The fourth-order valence-corrected chi connectivity index (χ4v) is 6.82. The highest BCUT2D eigenvalue weighted by molar-refractivity contribution is 7.91. The summed E-state index contributed by atoms with van der Waals surface area (Å²) in [5.41, 5.74) is 6.33. The smallest absolute Gasteiger partial charge is 0.225 e. The molecule has 1 aromatic heterocycles. The Bertz CT molecular complexity index is 1430. The standard InChI is InChI=1S/C31H39N3O4S/c1-22-7-11-27(28(19-22)34-13-5-4-6-14-34)31(29-12-9-24(3)38-29)32-30(35)21-25-20-26(10-8-23(25)2)33-15-17-39(36,37)18-16-33/h7-12,19-20,31H,4-6,13-18,21H2,1-3H3,(H,32,35). The number of sulfone groups is 1. The summed E-state index contributed by atoms with van der Waals surface area (Å²) in [6.07, 6.45) is 3.82. The lowest BCUT2D eigenvalue weighted by molar-refractivity contribution is -0.121. The zero-order valence-electron chi connectivity index (χ0n) is 23.2. The molecule has 5 rings (SSSR count). The average Bonchev–Trinajstić information content (AvgIpc) is 3.35. The number of rotatable bonds is 7.